The lowest BCUT2D eigenvalue weighted by Crippen LogP contribution is -2.36. The molecule has 0 unspecified atom stereocenters. The summed E-state index contributed by atoms with van der Waals surface area (Å²) >= 11 is 0. The third-order valence-electron chi connectivity index (χ3n) is 13.4. The van der Waals surface area contributed by atoms with Crippen molar-refractivity contribution in [3.8, 4) is 0 Å². The van der Waals surface area contributed by atoms with E-state index in [2.05, 4.69) is 144 Å². The van der Waals surface area contributed by atoms with E-state index in [9.17, 15) is 9.59 Å². The largest absolute Gasteiger partial charge is 0.377 e. The minimum Gasteiger partial charge on any atom is -0.377 e. The van der Waals surface area contributed by atoms with Crippen molar-refractivity contribution in [3.63, 3.8) is 0 Å². The van der Waals surface area contributed by atoms with Crippen LogP contribution in [0.2, 0.25) is 0 Å². The van der Waals surface area contributed by atoms with Gasteiger partial charge >= 0.3 is 12.1 Å². The van der Waals surface area contributed by atoms with Crippen LogP contribution in [0.1, 0.15) is 128 Å². The molecular formula is C60H76N4O4. The molecule has 4 amide bonds. The van der Waals surface area contributed by atoms with Crippen LogP contribution in [0, 0.1) is 0 Å². The molecule has 0 radical (unpaired) electrons. The second-order valence-corrected chi connectivity index (χ2v) is 18.6. The highest BCUT2D eigenvalue weighted by atomic mass is 16.5. The second kappa shape index (κ2) is 27.3. The average Bonchev–Trinajstić information content (AvgIpc) is 3.37. The summed E-state index contributed by atoms with van der Waals surface area (Å²) in [5, 5.41) is 27.6. The maximum atomic E-state index is 11.8. The lowest BCUT2D eigenvalue weighted by Gasteiger charge is -2.14. The summed E-state index contributed by atoms with van der Waals surface area (Å²) in [4.78, 5) is 23.6. The topological polar surface area (TPSA) is 101 Å². The summed E-state index contributed by atoms with van der Waals surface area (Å²) in [7, 11) is 0. The minimum absolute atomic E-state index is 0.0410. The van der Waals surface area contributed by atoms with Gasteiger partial charge in [0.1, 0.15) is 0 Å². The van der Waals surface area contributed by atoms with Gasteiger partial charge in [-0.2, -0.15) is 0 Å². The van der Waals surface area contributed by atoms with Crippen LogP contribution in [0.15, 0.2) is 109 Å². The van der Waals surface area contributed by atoms with Crippen molar-refractivity contribution in [2.75, 3.05) is 39.4 Å². The number of hydrogen-bond acceptors (Lipinski definition) is 4. The second-order valence-electron chi connectivity index (χ2n) is 18.6. The van der Waals surface area contributed by atoms with Crippen molar-refractivity contribution in [2.45, 2.75) is 130 Å². The van der Waals surface area contributed by atoms with Crippen LogP contribution in [-0.4, -0.2) is 51.5 Å². The number of ether oxygens (including phenoxy) is 2. The van der Waals surface area contributed by atoms with Crippen molar-refractivity contribution in [2.24, 2.45) is 0 Å². The van der Waals surface area contributed by atoms with Gasteiger partial charge in [0.05, 0.1) is 13.2 Å². The van der Waals surface area contributed by atoms with Crippen molar-refractivity contribution in [1.29, 1.82) is 0 Å². The molecule has 4 N–H and O–H groups in total. The molecule has 0 aliphatic heterocycles. The predicted octanol–water partition coefficient (Wildman–Crippen LogP) is 15.1. The van der Waals surface area contributed by atoms with Gasteiger partial charge in [0, 0.05) is 39.4 Å². The van der Waals surface area contributed by atoms with Crippen LogP contribution in [0.25, 0.3) is 64.6 Å². The maximum Gasteiger partial charge on any atom is 0.314 e. The first-order chi connectivity index (χ1) is 33.6. The van der Waals surface area contributed by atoms with E-state index in [0.29, 0.717) is 13.2 Å². The lowest BCUT2D eigenvalue weighted by atomic mass is 9.92. The van der Waals surface area contributed by atoms with Gasteiger partial charge in [-0.3, -0.25) is 0 Å². The standard InChI is InChI=1S/2C30H38N2O2/c2*1-2-3-4-5-7-19-31-30(33)32-20-8-6-9-21-34-22-26-16-15-25-14-13-23-11-10-12-24-17-18-27(26)29(25)28(23)24/h2*10-18H,2-9,19-22H2,1H3,(H2,31,32,33). The highest BCUT2D eigenvalue weighted by Crippen LogP contribution is 2.37. The normalized spacial score (nSPS) is 11.6. The molecular weight excluding hydrogens is 841 g/mol. The SMILES string of the molecule is CCCCCCCNC(=O)NCCCCCOCc1ccc2ccc3cccc4ccc1c2c34.CCCCCCCNC(=O)NCCCCCOCc1ccc2ccc3cccc4ccc1c2c34. The Bertz CT molecular complexity index is 2530. The fourth-order valence-corrected chi connectivity index (χ4v) is 9.61. The molecule has 0 heterocycles. The number of amides is 4. The predicted molar refractivity (Wildman–Crippen MR) is 288 cm³/mol. The quantitative estimate of drug-likeness (QED) is 0.0290. The van der Waals surface area contributed by atoms with Crippen LogP contribution >= 0.6 is 0 Å². The molecule has 0 aromatic heterocycles. The average molecular weight is 917 g/mol. The molecule has 8 rings (SSSR count). The van der Waals surface area contributed by atoms with Crippen LogP contribution in [0.3, 0.4) is 0 Å². The van der Waals surface area contributed by atoms with Crippen LogP contribution in [-0.2, 0) is 22.7 Å². The smallest absolute Gasteiger partial charge is 0.314 e. The monoisotopic (exact) mass is 917 g/mol. The van der Waals surface area contributed by atoms with Gasteiger partial charge in [0.25, 0.3) is 0 Å². The van der Waals surface area contributed by atoms with Gasteiger partial charge in [0.15, 0.2) is 0 Å². The Morgan fingerprint density at radius 3 is 1.03 bits per heavy atom. The molecule has 0 spiro atoms. The molecule has 0 saturated carbocycles. The zero-order valence-electron chi connectivity index (χ0n) is 41.0. The molecule has 8 heteroatoms. The third-order valence-corrected chi connectivity index (χ3v) is 13.4. The van der Waals surface area contributed by atoms with E-state index in [1.165, 1.54) is 127 Å². The summed E-state index contributed by atoms with van der Waals surface area (Å²) in [5.74, 6) is 0. The number of carbonyl (C=O) groups excluding carboxylic acids is 2. The van der Waals surface area contributed by atoms with Crippen molar-refractivity contribution < 1.29 is 19.1 Å². The zero-order chi connectivity index (χ0) is 47.2. The van der Waals surface area contributed by atoms with Crippen LogP contribution in [0.5, 0.6) is 0 Å². The number of unbranched alkanes of at least 4 members (excludes halogenated alkanes) is 12. The first kappa shape index (κ1) is 50.2. The molecule has 8 nitrogen and oxygen atoms in total. The number of hydrogen-bond donors (Lipinski definition) is 4. The van der Waals surface area contributed by atoms with E-state index < -0.39 is 0 Å². The molecule has 0 aliphatic carbocycles. The van der Waals surface area contributed by atoms with Gasteiger partial charge in [-0.15, -0.1) is 0 Å². The first-order valence-corrected chi connectivity index (χ1v) is 26.1. The molecule has 8 aromatic carbocycles. The van der Waals surface area contributed by atoms with Crippen molar-refractivity contribution in [1.82, 2.24) is 21.3 Å². The van der Waals surface area contributed by atoms with E-state index in [-0.39, 0.29) is 12.1 Å². The molecule has 0 atom stereocenters. The molecule has 0 bridgehead atoms. The molecule has 0 saturated heterocycles. The number of nitrogens with one attached hydrogen (secondary N) is 4. The summed E-state index contributed by atoms with van der Waals surface area (Å²) < 4.78 is 12.1. The Kier molecular flexibility index (Phi) is 20.2. The molecule has 0 fully saturated rings. The number of carbonyl (C=O) groups is 2. The number of urea groups is 2. The van der Waals surface area contributed by atoms with Crippen LogP contribution < -0.4 is 21.3 Å². The van der Waals surface area contributed by atoms with Gasteiger partial charge in [-0.1, -0.05) is 174 Å². The summed E-state index contributed by atoms with van der Waals surface area (Å²) in [6.45, 7) is 10.2. The Balaban J connectivity index is 0.000000201. The van der Waals surface area contributed by atoms with Gasteiger partial charge in [0.2, 0.25) is 0 Å². The van der Waals surface area contributed by atoms with Crippen LogP contribution in [0.4, 0.5) is 9.59 Å². The fraction of sp³-hybridized carbons (Fsp3) is 0.433. The van der Waals surface area contributed by atoms with Gasteiger partial charge < -0.3 is 30.7 Å². The summed E-state index contributed by atoms with van der Waals surface area (Å²) in [5.41, 5.74) is 2.50. The number of rotatable bonds is 28. The Hall–Kier alpha value is -5.70. The summed E-state index contributed by atoms with van der Waals surface area (Å²) in [6, 6.07) is 39.6. The van der Waals surface area contributed by atoms with E-state index >= 15 is 0 Å². The maximum absolute atomic E-state index is 11.8. The Labute approximate surface area is 405 Å². The van der Waals surface area contributed by atoms with Gasteiger partial charge in [-0.05, 0) is 127 Å². The van der Waals surface area contributed by atoms with E-state index in [1.807, 2.05) is 0 Å². The number of benzene rings is 8. The van der Waals surface area contributed by atoms with E-state index in [0.717, 1.165) is 90.8 Å². The van der Waals surface area contributed by atoms with Crippen molar-refractivity contribution in [3.05, 3.63) is 120 Å². The lowest BCUT2D eigenvalue weighted by molar-refractivity contribution is 0.117. The van der Waals surface area contributed by atoms with E-state index in [4.69, 9.17) is 9.47 Å². The summed E-state index contributed by atoms with van der Waals surface area (Å²) in [6.07, 6.45) is 18.2. The Morgan fingerprint density at radius 1 is 0.353 bits per heavy atom. The fourth-order valence-electron chi connectivity index (χ4n) is 9.61. The van der Waals surface area contributed by atoms with Crippen molar-refractivity contribution >= 4 is 76.7 Å². The molecule has 360 valence electrons. The highest BCUT2D eigenvalue weighted by Gasteiger charge is 2.13. The van der Waals surface area contributed by atoms with E-state index in [1.54, 1.807) is 0 Å². The molecule has 0 aliphatic rings. The van der Waals surface area contributed by atoms with Gasteiger partial charge in [-0.25, -0.2) is 9.59 Å². The first-order valence-electron chi connectivity index (χ1n) is 26.1. The third kappa shape index (κ3) is 14.2. The molecule has 8 aromatic rings. The molecule has 68 heavy (non-hydrogen) atoms. The Morgan fingerprint density at radius 2 is 0.662 bits per heavy atom. The highest BCUT2D eigenvalue weighted by molar-refractivity contribution is 6.24. The zero-order valence-corrected chi connectivity index (χ0v) is 41.0. The minimum atomic E-state index is -0.0410.